The maximum Gasteiger partial charge on any atom is 0.341 e. The predicted octanol–water partition coefficient (Wildman–Crippen LogP) is 4.41. The van der Waals surface area contributed by atoms with E-state index in [1.165, 1.54) is 0 Å². The van der Waals surface area contributed by atoms with Gasteiger partial charge in [0.1, 0.15) is 10.6 Å². The third-order valence-electron chi connectivity index (χ3n) is 5.46. The van der Waals surface area contributed by atoms with Gasteiger partial charge in [0.25, 0.3) is 17.7 Å². The number of imide groups is 1. The Morgan fingerprint density at radius 2 is 1.59 bits per heavy atom. The minimum Gasteiger partial charge on any atom is -0.462 e. The molecule has 190 valence electrons. The van der Waals surface area contributed by atoms with E-state index >= 15 is 0 Å². The van der Waals surface area contributed by atoms with E-state index in [1.54, 1.807) is 60.8 Å². The van der Waals surface area contributed by atoms with Crippen molar-refractivity contribution in [3.8, 4) is 11.1 Å². The molecular formula is C26H21ClN2O7S. The number of amides is 3. The monoisotopic (exact) mass is 540 g/mol. The number of benzene rings is 2. The molecule has 0 spiro atoms. The van der Waals surface area contributed by atoms with Gasteiger partial charge in [0, 0.05) is 22.5 Å². The Labute approximate surface area is 220 Å². The second kappa shape index (κ2) is 11.4. The van der Waals surface area contributed by atoms with Gasteiger partial charge in [-0.25, -0.2) is 4.79 Å². The third-order valence-corrected chi connectivity index (χ3v) is 6.61. The van der Waals surface area contributed by atoms with E-state index in [4.69, 9.17) is 21.1 Å². The van der Waals surface area contributed by atoms with Crippen molar-refractivity contribution in [1.82, 2.24) is 4.90 Å². The molecule has 9 nitrogen and oxygen atoms in total. The molecule has 1 aliphatic heterocycles. The number of hydrogen-bond acceptors (Lipinski definition) is 8. The van der Waals surface area contributed by atoms with Crippen LogP contribution in [0.2, 0.25) is 5.02 Å². The minimum atomic E-state index is -0.759. The van der Waals surface area contributed by atoms with Crippen molar-refractivity contribution in [2.24, 2.45) is 0 Å². The number of nitrogens with one attached hydrogen (secondary N) is 1. The molecule has 3 amide bonds. The zero-order valence-electron chi connectivity index (χ0n) is 19.6. The fourth-order valence-electron chi connectivity index (χ4n) is 3.72. The zero-order chi connectivity index (χ0) is 26.5. The van der Waals surface area contributed by atoms with E-state index in [0.29, 0.717) is 16.1 Å². The summed E-state index contributed by atoms with van der Waals surface area (Å²) in [6, 6.07) is 13.3. The molecular weight excluding hydrogens is 520 g/mol. The lowest BCUT2D eigenvalue weighted by Crippen LogP contribution is -2.32. The highest BCUT2D eigenvalue weighted by molar-refractivity contribution is 7.15. The zero-order valence-corrected chi connectivity index (χ0v) is 21.2. The van der Waals surface area contributed by atoms with Gasteiger partial charge < -0.3 is 14.8 Å². The summed E-state index contributed by atoms with van der Waals surface area (Å²) in [5, 5.41) is 5.08. The highest BCUT2D eigenvalue weighted by atomic mass is 35.5. The van der Waals surface area contributed by atoms with Crippen LogP contribution in [0.5, 0.6) is 0 Å². The van der Waals surface area contributed by atoms with Crippen molar-refractivity contribution < 1.29 is 33.4 Å². The number of nitrogens with zero attached hydrogens (tertiary/aromatic N) is 1. The topological polar surface area (TPSA) is 119 Å². The van der Waals surface area contributed by atoms with Gasteiger partial charge >= 0.3 is 11.9 Å². The predicted molar refractivity (Wildman–Crippen MR) is 137 cm³/mol. The second-order valence-corrected chi connectivity index (χ2v) is 9.16. The second-order valence-electron chi connectivity index (χ2n) is 7.85. The molecule has 3 aromatic rings. The first-order valence-electron chi connectivity index (χ1n) is 11.3. The largest absolute Gasteiger partial charge is 0.462 e. The standard InChI is InChI=1S/C26H21ClN2O7S/c1-2-35-26(34)22-19(15-7-9-16(27)10-8-15)14-37-23(22)28-20(30)13-36-21(31)11-12-29-24(32)17-5-3-4-6-18(17)25(29)33/h3-10,14H,2,11-13H2,1H3,(H,28,30). The Morgan fingerprint density at radius 1 is 0.946 bits per heavy atom. The van der Waals surface area contributed by atoms with Crippen molar-refractivity contribution in [3.05, 3.63) is 75.6 Å². The smallest absolute Gasteiger partial charge is 0.341 e. The summed E-state index contributed by atoms with van der Waals surface area (Å²) in [6.07, 6.45) is -0.271. The number of halogens is 1. The van der Waals surface area contributed by atoms with Crippen LogP contribution in [0.25, 0.3) is 11.1 Å². The molecule has 0 fully saturated rings. The summed E-state index contributed by atoms with van der Waals surface area (Å²) < 4.78 is 10.2. The maximum absolute atomic E-state index is 12.6. The van der Waals surface area contributed by atoms with Gasteiger partial charge in [-0.2, -0.15) is 0 Å². The molecule has 0 saturated carbocycles. The van der Waals surface area contributed by atoms with Crippen molar-refractivity contribution in [3.63, 3.8) is 0 Å². The van der Waals surface area contributed by atoms with Crippen LogP contribution >= 0.6 is 22.9 Å². The lowest BCUT2D eigenvalue weighted by molar-refractivity contribution is -0.147. The molecule has 2 heterocycles. The van der Waals surface area contributed by atoms with Gasteiger partial charge in [-0.1, -0.05) is 35.9 Å². The van der Waals surface area contributed by atoms with Gasteiger partial charge in [-0.05, 0) is 36.8 Å². The molecule has 0 saturated heterocycles. The van der Waals surface area contributed by atoms with Crippen molar-refractivity contribution in [2.45, 2.75) is 13.3 Å². The molecule has 1 N–H and O–H groups in total. The molecule has 0 aliphatic carbocycles. The SMILES string of the molecule is CCOC(=O)c1c(-c2ccc(Cl)cc2)csc1NC(=O)COC(=O)CCN1C(=O)c2ccccc2C1=O. The van der Waals surface area contributed by atoms with Crippen molar-refractivity contribution >= 4 is 57.6 Å². The average molecular weight is 541 g/mol. The first-order valence-corrected chi connectivity index (χ1v) is 12.5. The lowest BCUT2D eigenvalue weighted by atomic mass is 10.0. The van der Waals surface area contributed by atoms with E-state index in [0.717, 1.165) is 16.2 Å². The Morgan fingerprint density at radius 3 is 2.22 bits per heavy atom. The van der Waals surface area contributed by atoms with Gasteiger partial charge in [0.2, 0.25) is 0 Å². The molecule has 37 heavy (non-hydrogen) atoms. The first-order chi connectivity index (χ1) is 17.8. The maximum atomic E-state index is 12.6. The quantitative estimate of drug-likeness (QED) is 0.315. The summed E-state index contributed by atoms with van der Waals surface area (Å²) in [7, 11) is 0. The molecule has 2 aromatic carbocycles. The Bertz CT molecular complexity index is 1350. The normalized spacial score (nSPS) is 12.3. The van der Waals surface area contributed by atoms with Crippen molar-refractivity contribution in [2.75, 3.05) is 25.1 Å². The van der Waals surface area contributed by atoms with Crippen LogP contribution in [0.3, 0.4) is 0 Å². The van der Waals surface area contributed by atoms with Crippen LogP contribution in [0.4, 0.5) is 5.00 Å². The summed E-state index contributed by atoms with van der Waals surface area (Å²) in [4.78, 5) is 63.1. The number of anilines is 1. The van der Waals surface area contributed by atoms with E-state index in [-0.39, 0.29) is 41.3 Å². The van der Waals surface area contributed by atoms with Crippen LogP contribution in [0.1, 0.15) is 44.4 Å². The van der Waals surface area contributed by atoms with Gasteiger partial charge in [-0.3, -0.25) is 24.1 Å². The minimum absolute atomic E-state index is 0.146. The van der Waals surface area contributed by atoms with Crippen LogP contribution in [0, 0.1) is 0 Å². The highest BCUT2D eigenvalue weighted by Gasteiger charge is 2.35. The summed E-state index contributed by atoms with van der Waals surface area (Å²) in [5.41, 5.74) is 2.02. The number of ether oxygens (including phenoxy) is 2. The first kappa shape index (κ1) is 26.1. The number of carbonyl (C=O) groups is 5. The Kier molecular flexibility index (Phi) is 8.00. The van der Waals surface area contributed by atoms with E-state index in [2.05, 4.69) is 5.32 Å². The van der Waals surface area contributed by atoms with Crippen LogP contribution < -0.4 is 5.32 Å². The average Bonchev–Trinajstić information content (AvgIpc) is 3.41. The van der Waals surface area contributed by atoms with E-state index < -0.39 is 36.3 Å². The van der Waals surface area contributed by atoms with Gasteiger partial charge in [-0.15, -0.1) is 11.3 Å². The highest BCUT2D eigenvalue weighted by Crippen LogP contribution is 2.36. The van der Waals surface area contributed by atoms with Crippen LogP contribution in [0.15, 0.2) is 53.9 Å². The number of hydrogen-bond donors (Lipinski definition) is 1. The van der Waals surface area contributed by atoms with Gasteiger partial charge in [0.15, 0.2) is 6.61 Å². The fourth-order valence-corrected chi connectivity index (χ4v) is 4.82. The number of rotatable bonds is 9. The molecule has 1 aliphatic rings. The molecule has 0 radical (unpaired) electrons. The lowest BCUT2D eigenvalue weighted by Gasteiger charge is -2.13. The fraction of sp³-hybridized carbons (Fsp3) is 0.192. The van der Waals surface area contributed by atoms with Crippen LogP contribution in [-0.4, -0.2) is 54.3 Å². The van der Waals surface area contributed by atoms with Crippen molar-refractivity contribution in [1.29, 1.82) is 0 Å². The Balaban J connectivity index is 1.35. The summed E-state index contributed by atoms with van der Waals surface area (Å²) >= 11 is 7.08. The molecule has 0 unspecified atom stereocenters. The molecule has 4 rings (SSSR count). The third kappa shape index (κ3) is 5.71. The van der Waals surface area contributed by atoms with E-state index in [9.17, 15) is 24.0 Å². The summed E-state index contributed by atoms with van der Waals surface area (Å²) in [6.45, 7) is 1.03. The number of fused-ring (bicyclic) bond motifs is 1. The number of thiophene rings is 1. The van der Waals surface area contributed by atoms with Crippen LogP contribution in [-0.2, 0) is 19.1 Å². The number of esters is 2. The summed E-state index contributed by atoms with van der Waals surface area (Å²) in [5.74, 6) is -2.99. The molecule has 1 aromatic heterocycles. The Hall–Kier alpha value is -4.02. The number of carbonyl (C=O) groups excluding carboxylic acids is 5. The molecule has 11 heteroatoms. The van der Waals surface area contributed by atoms with E-state index in [1.807, 2.05) is 0 Å². The molecule has 0 bridgehead atoms. The molecule has 0 atom stereocenters. The van der Waals surface area contributed by atoms with Gasteiger partial charge in [0.05, 0.1) is 24.2 Å².